The number of nitrogens with zero attached hydrogens (tertiary/aromatic N) is 3. The fourth-order valence-electron chi connectivity index (χ4n) is 3.52. The van der Waals surface area contributed by atoms with E-state index in [1.165, 1.54) is 23.0 Å². The molecule has 2 heterocycles. The van der Waals surface area contributed by atoms with Gasteiger partial charge in [-0.2, -0.15) is 0 Å². The summed E-state index contributed by atoms with van der Waals surface area (Å²) in [5, 5.41) is 3.86. The van der Waals surface area contributed by atoms with Crippen LogP contribution in [0, 0.1) is 5.82 Å². The summed E-state index contributed by atoms with van der Waals surface area (Å²) in [4.78, 5) is 30.2. The second-order valence-electron chi connectivity index (χ2n) is 7.06. The average Bonchev–Trinajstić information content (AvgIpc) is 3.03. The van der Waals surface area contributed by atoms with Crippen molar-refractivity contribution in [1.29, 1.82) is 0 Å². The van der Waals surface area contributed by atoms with Gasteiger partial charge in [0.25, 0.3) is 5.56 Å². The Balaban J connectivity index is 1.89. The first-order valence-electron chi connectivity index (χ1n) is 9.66. The van der Waals surface area contributed by atoms with Crippen LogP contribution in [0.5, 0.6) is 0 Å². The molecule has 0 aliphatic rings. The minimum atomic E-state index is -0.431. The van der Waals surface area contributed by atoms with Gasteiger partial charge in [-0.05, 0) is 36.2 Å². The highest BCUT2D eigenvalue weighted by molar-refractivity contribution is 6.31. The van der Waals surface area contributed by atoms with Crippen molar-refractivity contribution in [2.75, 3.05) is 6.54 Å². The molecule has 0 unspecified atom stereocenters. The summed E-state index contributed by atoms with van der Waals surface area (Å²) >= 11 is 6.24. The number of nitrogens with one attached hydrogen (secondary N) is 1. The first-order valence-corrected chi connectivity index (χ1v) is 10.0. The van der Waals surface area contributed by atoms with E-state index >= 15 is 0 Å². The number of amides is 1. The molecule has 4 aromatic rings. The van der Waals surface area contributed by atoms with Crippen LogP contribution >= 0.6 is 11.6 Å². The van der Waals surface area contributed by atoms with E-state index in [4.69, 9.17) is 11.6 Å². The number of aromatic nitrogens is 3. The van der Waals surface area contributed by atoms with E-state index in [0.29, 0.717) is 28.0 Å². The first-order chi connectivity index (χ1) is 14.5. The number of halogens is 2. The molecular weight excluding hydrogens is 407 g/mol. The molecule has 0 bridgehead atoms. The van der Waals surface area contributed by atoms with Crippen molar-refractivity contribution in [2.24, 2.45) is 0 Å². The topological polar surface area (TPSA) is 68.9 Å². The Morgan fingerprint density at radius 2 is 2.03 bits per heavy atom. The first kappa shape index (κ1) is 20.1. The van der Waals surface area contributed by atoms with Gasteiger partial charge in [-0.15, -0.1) is 0 Å². The zero-order valence-electron chi connectivity index (χ0n) is 16.4. The normalized spacial score (nSPS) is 11.3. The second kappa shape index (κ2) is 8.28. The lowest BCUT2D eigenvalue weighted by atomic mass is 10.2. The van der Waals surface area contributed by atoms with Crippen LogP contribution in [0.2, 0.25) is 5.02 Å². The SMILES string of the molecule is CCCNC(=O)Cn1c2ccc(F)cc2c2ncn(Cc3ccccc3Cl)c(=O)c21. The van der Waals surface area contributed by atoms with Gasteiger partial charge in [0.2, 0.25) is 5.91 Å². The standard InChI is InChI=1S/C22H20ClFN4O2/c1-2-9-25-19(29)12-28-18-8-7-15(24)10-16(18)20-21(28)22(30)27(13-26-20)11-14-5-3-4-6-17(14)23/h3-8,10,13H,2,9,11-12H2,1H3,(H,25,29). The highest BCUT2D eigenvalue weighted by Crippen LogP contribution is 2.26. The summed E-state index contributed by atoms with van der Waals surface area (Å²) in [5.41, 5.74) is 1.67. The minimum absolute atomic E-state index is 0.0569. The Morgan fingerprint density at radius 3 is 2.80 bits per heavy atom. The molecule has 0 saturated carbocycles. The number of fused-ring (bicyclic) bond motifs is 3. The fourth-order valence-corrected chi connectivity index (χ4v) is 3.72. The van der Waals surface area contributed by atoms with Crippen molar-refractivity contribution in [3.05, 3.63) is 75.5 Å². The highest BCUT2D eigenvalue weighted by atomic mass is 35.5. The van der Waals surface area contributed by atoms with E-state index in [0.717, 1.165) is 12.0 Å². The molecule has 2 aromatic heterocycles. The van der Waals surface area contributed by atoms with Gasteiger partial charge in [0.05, 0.1) is 18.4 Å². The van der Waals surface area contributed by atoms with Crippen molar-refractivity contribution in [2.45, 2.75) is 26.4 Å². The zero-order valence-corrected chi connectivity index (χ0v) is 17.1. The maximum Gasteiger partial charge on any atom is 0.278 e. The number of rotatable bonds is 6. The Labute approximate surface area is 176 Å². The number of hydrogen-bond donors (Lipinski definition) is 1. The molecule has 0 fully saturated rings. The van der Waals surface area contributed by atoms with E-state index in [1.54, 1.807) is 16.7 Å². The number of carbonyl (C=O) groups excluding carboxylic acids is 1. The van der Waals surface area contributed by atoms with Crippen molar-refractivity contribution in [3.63, 3.8) is 0 Å². The summed E-state index contributed by atoms with van der Waals surface area (Å²) in [5.74, 6) is -0.653. The lowest BCUT2D eigenvalue weighted by molar-refractivity contribution is -0.121. The van der Waals surface area contributed by atoms with Gasteiger partial charge in [-0.3, -0.25) is 14.2 Å². The van der Waals surface area contributed by atoms with Crippen molar-refractivity contribution >= 4 is 39.4 Å². The van der Waals surface area contributed by atoms with Crippen LogP contribution in [0.4, 0.5) is 4.39 Å². The lowest BCUT2D eigenvalue weighted by Gasteiger charge is -2.10. The van der Waals surface area contributed by atoms with E-state index in [9.17, 15) is 14.0 Å². The molecule has 154 valence electrons. The predicted molar refractivity (Wildman–Crippen MR) is 115 cm³/mol. The van der Waals surface area contributed by atoms with Crippen LogP contribution in [0.15, 0.2) is 53.6 Å². The quantitative estimate of drug-likeness (QED) is 0.511. The van der Waals surface area contributed by atoms with Crippen LogP contribution in [-0.2, 0) is 17.9 Å². The van der Waals surface area contributed by atoms with Crippen LogP contribution in [0.1, 0.15) is 18.9 Å². The van der Waals surface area contributed by atoms with Crippen molar-refractivity contribution < 1.29 is 9.18 Å². The monoisotopic (exact) mass is 426 g/mol. The Bertz CT molecular complexity index is 1310. The minimum Gasteiger partial charge on any atom is -0.355 e. The zero-order chi connectivity index (χ0) is 21.3. The summed E-state index contributed by atoms with van der Waals surface area (Å²) in [7, 11) is 0. The fraction of sp³-hybridized carbons (Fsp3) is 0.227. The number of benzene rings is 2. The molecule has 30 heavy (non-hydrogen) atoms. The average molecular weight is 427 g/mol. The molecule has 0 atom stereocenters. The number of hydrogen-bond acceptors (Lipinski definition) is 3. The molecule has 8 heteroatoms. The molecular formula is C22H20ClFN4O2. The van der Waals surface area contributed by atoms with E-state index in [2.05, 4.69) is 10.3 Å². The largest absolute Gasteiger partial charge is 0.355 e. The van der Waals surface area contributed by atoms with E-state index in [1.807, 2.05) is 25.1 Å². The summed E-state index contributed by atoms with van der Waals surface area (Å²) in [6.07, 6.45) is 2.23. The maximum absolute atomic E-state index is 13.9. The van der Waals surface area contributed by atoms with Crippen LogP contribution < -0.4 is 10.9 Å². The third-order valence-electron chi connectivity index (χ3n) is 4.96. The molecule has 2 aromatic carbocycles. The summed E-state index contributed by atoms with van der Waals surface area (Å²) in [6.45, 7) is 2.68. The van der Waals surface area contributed by atoms with Gasteiger partial charge in [0.1, 0.15) is 23.4 Å². The van der Waals surface area contributed by atoms with Crippen LogP contribution in [0.3, 0.4) is 0 Å². The van der Waals surface area contributed by atoms with Gasteiger partial charge in [-0.25, -0.2) is 9.37 Å². The molecule has 0 radical (unpaired) electrons. The van der Waals surface area contributed by atoms with Gasteiger partial charge < -0.3 is 9.88 Å². The van der Waals surface area contributed by atoms with E-state index < -0.39 is 5.82 Å². The smallest absolute Gasteiger partial charge is 0.278 e. The molecule has 0 aliphatic heterocycles. The third kappa shape index (κ3) is 3.68. The summed E-state index contributed by atoms with van der Waals surface area (Å²) < 4.78 is 16.9. The van der Waals surface area contributed by atoms with Gasteiger partial charge in [-0.1, -0.05) is 36.7 Å². The Kier molecular flexibility index (Phi) is 5.55. The Morgan fingerprint density at radius 1 is 1.23 bits per heavy atom. The van der Waals surface area contributed by atoms with Crippen LogP contribution in [0.25, 0.3) is 21.9 Å². The van der Waals surface area contributed by atoms with Crippen LogP contribution in [-0.4, -0.2) is 26.6 Å². The van der Waals surface area contributed by atoms with Gasteiger partial charge in [0, 0.05) is 17.0 Å². The molecule has 6 nitrogen and oxygen atoms in total. The molecule has 1 amide bonds. The van der Waals surface area contributed by atoms with E-state index in [-0.39, 0.29) is 30.1 Å². The van der Waals surface area contributed by atoms with Gasteiger partial charge >= 0.3 is 0 Å². The van der Waals surface area contributed by atoms with Crippen molar-refractivity contribution in [1.82, 2.24) is 19.4 Å². The second-order valence-corrected chi connectivity index (χ2v) is 7.47. The molecule has 0 saturated heterocycles. The highest BCUT2D eigenvalue weighted by Gasteiger charge is 2.19. The van der Waals surface area contributed by atoms with Gasteiger partial charge in [0.15, 0.2) is 0 Å². The number of carbonyl (C=O) groups is 1. The summed E-state index contributed by atoms with van der Waals surface area (Å²) in [6, 6.07) is 11.5. The molecule has 0 spiro atoms. The molecule has 0 aliphatic carbocycles. The van der Waals surface area contributed by atoms with Crippen molar-refractivity contribution in [3.8, 4) is 0 Å². The molecule has 1 N–H and O–H groups in total. The predicted octanol–water partition coefficient (Wildman–Crippen LogP) is 3.72. The third-order valence-corrected chi connectivity index (χ3v) is 5.33. The lowest BCUT2D eigenvalue weighted by Crippen LogP contribution is -2.30. The molecule has 4 rings (SSSR count). The maximum atomic E-state index is 13.9. The Hall–Kier alpha value is -3.19.